The molecular formula is C20H15N3O2. The van der Waals surface area contributed by atoms with Crippen LogP contribution in [0.5, 0.6) is 0 Å². The van der Waals surface area contributed by atoms with Crippen LogP contribution in [-0.4, -0.2) is 14.1 Å². The molecule has 0 N–H and O–H groups in total. The second kappa shape index (κ2) is 5.56. The van der Waals surface area contributed by atoms with Crippen LogP contribution in [0.15, 0.2) is 85.6 Å². The number of aromatic nitrogens is 3. The van der Waals surface area contributed by atoms with Crippen LogP contribution in [0, 0.1) is 0 Å². The summed E-state index contributed by atoms with van der Waals surface area (Å²) in [4.78, 5) is 4.73. The van der Waals surface area contributed by atoms with Gasteiger partial charge in [0.2, 0.25) is 0 Å². The molecule has 0 amide bonds. The van der Waals surface area contributed by atoms with E-state index in [1.165, 1.54) is 0 Å². The molecule has 0 spiro atoms. The summed E-state index contributed by atoms with van der Waals surface area (Å²) in [5.41, 5.74) is 4.01. The first-order chi connectivity index (χ1) is 12.4. The molecular weight excluding hydrogens is 314 g/mol. The van der Waals surface area contributed by atoms with Gasteiger partial charge in [-0.15, -0.1) is 0 Å². The van der Waals surface area contributed by atoms with Crippen molar-refractivity contribution >= 4 is 11.0 Å². The normalized spacial score (nSPS) is 13.9. The van der Waals surface area contributed by atoms with Crippen molar-refractivity contribution in [3.05, 3.63) is 91.4 Å². The van der Waals surface area contributed by atoms with E-state index in [1.54, 1.807) is 12.5 Å². The number of rotatable bonds is 3. The van der Waals surface area contributed by atoms with Crippen LogP contribution < -0.4 is 0 Å². The minimum absolute atomic E-state index is 0.539. The number of ether oxygens (including phenoxy) is 2. The van der Waals surface area contributed by atoms with Gasteiger partial charge in [0.05, 0.1) is 11.0 Å². The molecule has 0 unspecified atom stereocenters. The largest absolute Gasteiger partial charge is 0.452 e. The van der Waals surface area contributed by atoms with Crippen LogP contribution in [0.2, 0.25) is 0 Å². The second-order valence-electron chi connectivity index (χ2n) is 5.78. The third-order valence-corrected chi connectivity index (χ3v) is 4.25. The van der Waals surface area contributed by atoms with E-state index in [4.69, 9.17) is 14.5 Å². The molecule has 0 fully saturated rings. The lowest BCUT2D eigenvalue weighted by Gasteiger charge is -2.14. The molecule has 2 aromatic heterocycles. The molecule has 5 rings (SSSR count). The molecule has 0 saturated heterocycles. The van der Waals surface area contributed by atoms with Gasteiger partial charge in [-0.05, 0) is 42.5 Å². The molecule has 4 aromatic rings. The second-order valence-corrected chi connectivity index (χ2v) is 5.78. The van der Waals surface area contributed by atoms with Gasteiger partial charge in [-0.1, -0.05) is 18.2 Å². The van der Waals surface area contributed by atoms with Crippen LogP contribution in [0.3, 0.4) is 0 Å². The van der Waals surface area contributed by atoms with Crippen LogP contribution in [-0.2, 0) is 9.47 Å². The Bertz CT molecular complexity index is 1060. The number of imidazole rings is 1. The summed E-state index contributed by atoms with van der Waals surface area (Å²) < 4.78 is 15.2. The highest BCUT2D eigenvalue weighted by Gasteiger charge is 2.25. The maximum Gasteiger partial charge on any atom is 0.299 e. The van der Waals surface area contributed by atoms with Crippen molar-refractivity contribution in [2.45, 2.75) is 6.29 Å². The van der Waals surface area contributed by atoms with E-state index in [-0.39, 0.29) is 0 Å². The topological polar surface area (TPSA) is 41.2 Å². The lowest BCUT2D eigenvalue weighted by atomic mass is 10.2. The molecule has 5 heteroatoms. The summed E-state index contributed by atoms with van der Waals surface area (Å²) in [7, 11) is 0. The summed E-state index contributed by atoms with van der Waals surface area (Å²) >= 11 is 0. The van der Waals surface area contributed by atoms with E-state index in [0.29, 0.717) is 0 Å². The van der Waals surface area contributed by atoms with Crippen molar-refractivity contribution in [2.24, 2.45) is 0 Å². The van der Waals surface area contributed by atoms with Gasteiger partial charge in [-0.3, -0.25) is 4.57 Å². The van der Waals surface area contributed by atoms with Gasteiger partial charge in [-0.2, -0.15) is 0 Å². The highest BCUT2D eigenvalue weighted by Crippen LogP contribution is 2.30. The Morgan fingerprint density at radius 2 is 1.56 bits per heavy atom. The quantitative estimate of drug-likeness (QED) is 0.562. The Kier molecular flexibility index (Phi) is 3.10. The van der Waals surface area contributed by atoms with E-state index in [9.17, 15) is 0 Å². The number of fused-ring (bicyclic) bond motifs is 1. The molecule has 3 heterocycles. The fourth-order valence-electron chi connectivity index (χ4n) is 3.13. The van der Waals surface area contributed by atoms with Gasteiger partial charge in [-0.25, -0.2) is 4.98 Å². The maximum absolute atomic E-state index is 5.54. The molecule has 0 radical (unpaired) electrons. The van der Waals surface area contributed by atoms with Crippen molar-refractivity contribution < 1.29 is 9.47 Å². The smallest absolute Gasteiger partial charge is 0.299 e. The average Bonchev–Trinajstić information content (AvgIpc) is 3.41. The standard InChI is InChI=1S/C20H15N3O2/c1-2-9-18-17(8-1)21-19(20-24-12-13-25-20)23(18)16-7-5-6-15(14-16)22-10-3-4-11-22/h1-14,20H. The van der Waals surface area contributed by atoms with Gasteiger partial charge in [0.25, 0.3) is 6.29 Å². The van der Waals surface area contributed by atoms with Crippen LogP contribution in [0.1, 0.15) is 12.1 Å². The monoisotopic (exact) mass is 329 g/mol. The van der Waals surface area contributed by atoms with E-state index >= 15 is 0 Å². The minimum atomic E-state index is -0.539. The molecule has 2 aromatic carbocycles. The molecule has 122 valence electrons. The van der Waals surface area contributed by atoms with E-state index in [0.717, 1.165) is 28.2 Å². The maximum atomic E-state index is 5.54. The molecule has 0 aliphatic carbocycles. The fraction of sp³-hybridized carbons (Fsp3) is 0.0500. The van der Waals surface area contributed by atoms with Crippen molar-refractivity contribution in [3.63, 3.8) is 0 Å². The van der Waals surface area contributed by atoms with E-state index < -0.39 is 6.29 Å². The lowest BCUT2D eigenvalue weighted by Crippen LogP contribution is -2.08. The third-order valence-electron chi connectivity index (χ3n) is 4.25. The van der Waals surface area contributed by atoms with Crippen molar-refractivity contribution in [1.82, 2.24) is 14.1 Å². The molecule has 5 nitrogen and oxygen atoms in total. The van der Waals surface area contributed by atoms with Crippen LogP contribution in [0.25, 0.3) is 22.4 Å². The number of para-hydroxylation sites is 2. The lowest BCUT2D eigenvalue weighted by molar-refractivity contribution is -0.0322. The predicted octanol–water partition coefficient (Wildman–Crippen LogP) is 4.33. The Labute approximate surface area is 144 Å². The zero-order chi connectivity index (χ0) is 16.6. The molecule has 1 aliphatic heterocycles. The SMILES string of the molecule is C1=COC(c2nc3ccccc3n2-c2cccc(-n3cccc3)c2)O1. The van der Waals surface area contributed by atoms with Crippen molar-refractivity contribution in [3.8, 4) is 11.4 Å². The first-order valence-corrected chi connectivity index (χ1v) is 8.07. The van der Waals surface area contributed by atoms with Crippen molar-refractivity contribution in [1.29, 1.82) is 0 Å². The first-order valence-electron chi connectivity index (χ1n) is 8.07. The Hall–Kier alpha value is -3.47. The molecule has 25 heavy (non-hydrogen) atoms. The molecule has 0 bridgehead atoms. The average molecular weight is 329 g/mol. The van der Waals surface area contributed by atoms with Gasteiger partial charge in [0.15, 0.2) is 5.82 Å². The Morgan fingerprint density at radius 1 is 0.800 bits per heavy atom. The van der Waals surface area contributed by atoms with Crippen molar-refractivity contribution in [2.75, 3.05) is 0 Å². The van der Waals surface area contributed by atoms with Crippen LogP contribution in [0.4, 0.5) is 0 Å². The number of hydrogen-bond acceptors (Lipinski definition) is 3. The number of benzene rings is 2. The Balaban J connectivity index is 1.72. The summed E-state index contributed by atoms with van der Waals surface area (Å²) in [6.45, 7) is 0. The first kappa shape index (κ1) is 13.9. The molecule has 0 saturated carbocycles. The molecule has 1 aliphatic rings. The summed E-state index contributed by atoms with van der Waals surface area (Å²) in [5, 5.41) is 0. The van der Waals surface area contributed by atoms with Gasteiger partial charge >= 0.3 is 0 Å². The molecule has 0 atom stereocenters. The van der Waals surface area contributed by atoms with E-state index in [2.05, 4.69) is 33.4 Å². The number of hydrogen-bond donors (Lipinski definition) is 0. The highest BCUT2D eigenvalue weighted by molar-refractivity contribution is 5.78. The van der Waals surface area contributed by atoms with Gasteiger partial charge in [0.1, 0.15) is 12.5 Å². The zero-order valence-corrected chi connectivity index (χ0v) is 13.3. The highest BCUT2D eigenvalue weighted by atomic mass is 16.7. The minimum Gasteiger partial charge on any atom is -0.452 e. The van der Waals surface area contributed by atoms with E-state index in [1.807, 2.05) is 48.8 Å². The van der Waals surface area contributed by atoms with Gasteiger partial charge < -0.3 is 14.0 Å². The fourth-order valence-corrected chi connectivity index (χ4v) is 3.13. The summed E-state index contributed by atoms with van der Waals surface area (Å²) in [6, 6.07) is 20.4. The van der Waals surface area contributed by atoms with Crippen LogP contribution >= 0.6 is 0 Å². The third kappa shape index (κ3) is 2.29. The zero-order valence-electron chi connectivity index (χ0n) is 13.3. The summed E-state index contributed by atoms with van der Waals surface area (Å²) in [6.07, 6.45) is 6.61. The van der Waals surface area contributed by atoms with Gasteiger partial charge in [0, 0.05) is 23.8 Å². The summed E-state index contributed by atoms with van der Waals surface area (Å²) in [5.74, 6) is 0.718. The number of nitrogens with zero attached hydrogens (tertiary/aromatic N) is 3. The predicted molar refractivity (Wildman–Crippen MR) is 94.4 cm³/mol. The Morgan fingerprint density at radius 3 is 2.40 bits per heavy atom.